The first kappa shape index (κ1) is 16.1. The van der Waals surface area contributed by atoms with Gasteiger partial charge in [-0.05, 0) is 13.0 Å². The molecule has 7 heteroatoms. The molecule has 1 N–H and O–H groups in total. The van der Waals surface area contributed by atoms with Gasteiger partial charge in [0.25, 0.3) is 0 Å². The van der Waals surface area contributed by atoms with E-state index in [1.54, 1.807) is 0 Å². The maximum Gasteiger partial charge on any atom is 0.339 e. The number of esters is 1. The minimum absolute atomic E-state index is 0.00322. The van der Waals surface area contributed by atoms with Crippen LogP contribution in [0.1, 0.15) is 27.6 Å². The van der Waals surface area contributed by atoms with Gasteiger partial charge in [-0.15, -0.1) is 11.6 Å². The Morgan fingerprint density at radius 1 is 1.30 bits per heavy atom. The number of phenolic OH excluding ortho intramolecular Hbond substituents is 1. The molecular formula is C13H15ClO6. The van der Waals surface area contributed by atoms with Gasteiger partial charge in [-0.25, -0.2) is 4.79 Å². The third kappa shape index (κ3) is 3.14. The zero-order valence-corrected chi connectivity index (χ0v) is 12.1. The summed E-state index contributed by atoms with van der Waals surface area (Å²) in [6, 6.07) is 1.23. The highest BCUT2D eigenvalue weighted by Gasteiger charge is 2.26. The maximum atomic E-state index is 12.0. The minimum Gasteiger partial charge on any atom is -0.502 e. The molecule has 0 aliphatic rings. The van der Waals surface area contributed by atoms with Crippen molar-refractivity contribution in [2.75, 3.05) is 26.7 Å². The van der Waals surface area contributed by atoms with Crippen molar-refractivity contribution in [3.63, 3.8) is 0 Å². The normalized spacial score (nSPS) is 10.0. The van der Waals surface area contributed by atoms with E-state index in [0.29, 0.717) is 0 Å². The molecule has 0 saturated heterocycles. The Labute approximate surface area is 121 Å². The topological polar surface area (TPSA) is 82.1 Å². The third-order valence-electron chi connectivity index (χ3n) is 2.53. The summed E-state index contributed by atoms with van der Waals surface area (Å²) in [6.07, 6.45) is 0. The number of rotatable bonds is 6. The number of methoxy groups -OCH3 is 2. The molecule has 6 nitrogen and oxygen atoms in total. The molecule has 0 amide bonds. The Kier molecular flexibility index (Phi) is 5.64. The van der Waals surface area contributed by atoms with Gasteiger partial charge >= 0.3 is 5.97 Å². The van der Waals surface area contributed by atoms with Gasteiger partial charge in [0.05, 0.1) is 31.2 Å². The van der Waals surface area contributed by atoms with Crippen LogP contribution in [0, 0.1) is 0 Å². The number of benzene rings is 1. The summed E-state index contributed by atoms with van der Waals surface area (Å²) in [5.41, 5.74) is -0.112. The largest absolute Gasteiger partial charge is 0.502 e. The average Bonchev–Trinajstić information content (AvgIpc) is 2.43. The lowest BCUT2D eigenvalue weighted by Crippen LogP contribution is -2.13. The molecule has 20 heavy (non-hydrogen) atoms. The van der Waals surface area contributed by atoms with E-state index in [1.807, 2.05) is 0 Å². The fourth-order valence-electron chi connectivity index (χ4n) is 1.70. The number of halogens is 1. The number of hydrogen-bond acceptors (Lipinski definition) is 6. The predicted molar refractivity (Wildman–Crippen MR) is 72.2 cm³/mol. The van der Waals surface area contributed by atoms with Crippen molar-refractivity contribution >= 4 is 23.4 Å². The van der Waals surface area contributed by atoms with Crippen molar-refractivity contribution in [2.45, 2.75) is 6.92 Å². The molecule has 0 unspecified atom stereocenters. The van der Waals surface area contributed by atoms with Crippen LogP contribution in [-0.2, 0) is 4.74 Å². The van der Waals surface area contributed by atoms with E-state index in [2.05, 4.69) is 0 Å². The summed E-state index contributed by atoms with van der Waals surface area (Å²) in [6.45, 7) is 1.26. The number of alkyl halides is 1. The fourth-order valence-corrected chi connectivity index (χ4v) is 1.78. The van der Waals surface area contributed by atoms with Crippen LogP contribution >= 0.6 is 11.6 Å². The van der Waals surface area contributed by atoms with Crippen LogP contribution in [0.2, 0.25) is 0 Å². The Morgan fingerprint density at radius 3 is 2.40 bits per heavy atom. The zero-order valence-electron chi connectivity index (χ0n) is 11.4. The highest BCUT2D eigenvalue weighted by atomic mass is 35.5. The third-order valence-corrected chi connectivity index (χ3v) is 2.68. The molecule has 0 heterocycles. The van der Waals surface area contributed by atoms with Crippen LogP contribution in [0.3, 0.4) is 0 Å². The number of ketones is 1. The van der Waals surface area contributed by atoms with Gasteiger partial charge in [0.2, 0.25) is 5.75 Å². The summed E-state index contributed by atoms with van der Waals surface area (Å²) < 4.78 is 14.8. The van der Waals surface area contributed by atoms with E-state index >= 15 is 0 Å². The Balaban J connectivity index is 3.47. The van der Waals surface area contributed by atoms with E-state index in [9.17, 15) is 14.7 Å². The van der Waals surface area contributed by atoms with Gasteiger partial charge in [-0.2, -0.15) is 0 Å². The van der Waals surface area contributed by atoms with E-state index < -0.39 is 11.8 Å². The number of aromatic hydroxyl groups is 1. The lowest BCUT2D eigenvalue weighted by molar-refractivity contribution is 0.0525. The van der Waals surface area contributed by atoms with Crippen molar-refractivity contribution < 1.29 is 28.9 Å². The van der Waals surface area contributed by atoms with Gasteiger partial charge in [0, 0.05) is 0 Å². The van der Waals surface area contributed by atoms with Gasteiger partial charge in [-0.1, -0.05) is 0 Å². The molecule has 0 fully saturated rings. The number of ether oxygens (including phenoxy) is 3. The van der Waals surface area contributed by atoms with Crippen LogP contribution < -0.4 is 9.47 Å². The average molecular weight is 303 g/mol. The van der Waals surface area contributed by atoms with Crippen LogP contribution in [-0.4, -0.2) is 43.6 Å². The first-order chi connectivity index (χ1) is 9.47. The second-order valence-electron chi connectivity index (χ2n) is 3.76. The van der Waals surface area contributed by atoms with Gasteiger partial charge in [0.15, 0.2) is 17.3 Å². The van der Waals surface area contributed by atoms with Crippen molar-refractivity contribution in [3.05, 3.63) is 17.2 Å². The van der Waals surface area contributed by atoms with Crippen LogP contribution in [0.25, 0.3) is 0 Å². The van der Waals surface area contributed by atoms with E-state index in [4.69, 9.17) is 25.8 Å². The molecule has 0 spiro atoms. The van der Waals surface area contributed by atoms with Gasteiger partial charge in [-0.3, -0.25) is 4.79 Å². The maximum absolute atomic E-state index is 12.0. The Bertz CT molecular complexity index is 526. The van der Waals surface area contributed by atoms with Crippen molar-refractivity contribution in [1.29, 1.82) is 0 Å². The summed E-state index contributed by atoms with van der Waals surface area (Å²) in [4.78, 5) is 23.7. The van der Waals surface area contributed by atoms with E-state index in [1.165, 1.54) is 27.2 Å². The lowest BCUT2D eigenvalue weighted by Gasteiger charge is -2.15. The first-order valence-electron chi connectivity index (χ1n) is 5.69. The van der Waals surface area contributed by atoms with Crippen molar-refractivity contribution in [1.82, 2.24) is 0 Å². The van der Waals surface area contributed by atoms with Crippen LogP contribution in [0.4, 0.5) is 0 Å². The van der Waals surface area contributed by atoms with E-state index in [-0.39, 0.29) is 40.9 Å². The molecule has 0 aliphatic carbocycles. The number of phenols is 1. The Morgan fingerprint density at radius 2 is 1.95 bits per heavy atom. The molecule has 0 aliphatic heterocycles. The second-order valence-corrected chi connectivity index (χ2v) is 4.14. The second kappa shape index (κ2) is 7.00. The fraction of sp³-hybridized carbons (Fsp3) is 0.385. The summed E-state index contributed by atoms with van der Waals surface area (Å²) in [5.74, 6) is -1.54. The van der Waals surface area contributed by atoms with Crippen molar-refractivity contribution in [2.24, 2.45) is 0 Å². The van der Waals surface area contributed by atoms with Crippen LogP contribution in [0.5, 0.6) is 17.2 Å². The number of carbonyl (C=O) groups is 2. The molecule has 0 atom stereocenters. The molecule has 0 saturated carbocycles. The van der Waals surface area contributed by atoms with Gasteiger partial charge in [0.1, 0.15) is 6.61 Å². The summed E-state index contributed by atoms with van der Waals surface area (Å²) in [7, 11) is 2.59. The highest BCUT2D eigenvalue weighted by Crippen LogP contribution is 2.41. The lowest BCUT2D eigenvalue weighted by atomic mass is 10.0. The molecule has 0 radical (unpaired) electrons. The molecule has 1 rings (SSSR count). The Hall–Kier alpha value is -1.95. The SMILES string of the molecule is COc1cc(C(=O)OCCCl)c(C(C)=O)c(OC)c1O. The molecule has 0 bridgehead atoms. The number of Topliss-reactive ketones (excluding diaryl/α,β-unsaturated/α-hetero) is 1. The quantitative estimate of drug-likeness (QED) is 0.492. The minimum atomic E-state index is -0.743. The highest BCUT2D eigenvalue weighted by molar-refractivity contribution is 6.18. The van der Waals surface area contributed by atoms with Crippen LogP contribution in [0.15, 0.2) is 6.07 Å². The number of hydrogen-bond donors (Lipinski definition) is 1. The molecular weight excluding hydrogens is 288 g/mol. The standard InChI is InChI=1S/C13H15ClO6/c1-7(15)10-8(13(17)20-5-4-14)6-9(18-2)11(16)12(10)19-3/h6,16H,4-5H2,1-3H3. The predicted octanol–water partition coefficient (Wildman–Crippen LogP) is 2.01. The molecule has 0 aromatic heterocycles. The molecule has 1 aromatic rings. The monoisotopic (exact) mass is 302 g/mol. The number of carbonyl (C=O) groups excluding carboxylic acids is 2. The smallest absolute Gasteiger partial charge is 0.339 e. The summed E-state index contributed by atoms with van der Waals surface area (Å²) in [5, 5.41) is 9.93. The molecule has 110 valence electrons. The van der Waals surface area contributed by atoms with Gasteiger partial charge < -0.3 is 19.3 Å². The summed E-state index contributed by atoms with van der Waals surface area (Å²) >= 11 is 5.44. The zero-order chi connectivity index (χ0) is 15.3. The van der Waals surface area contributed by atoms with Crippen molar-refractivity contribution in [3.8, 4) is 17.2 Å². The van der Waals surface area contributed by atoms with E-state index in [0.717, 1.165) is 0 Å². The molecule has 1 aromatic carbocycles. The first-order valence-corrected chi connectivity index (χ1v) is 6.23.